The minimum absolute atomic E-state index is 0. The summed E-state index contributed by atoms with van der Waals surface area (Å²) in [7, 11) is 0. The molecule has 0 saturated carbocycles. The van der Waals surface area contributed by atoms with Gasteiger partial charge in [-0.15, -0.1) is 19.2 Å². The van der Waals surface area contributed by atoms with Crippen molar-refractivity contribution in [3.05, 3.63) is 17.0 Å². The molecule has 0 aromatic rings. The van der Waals surface area contributed by atoms with Gasteiger partial charge >= 0.3 is 0 Å². The molecule has 43 valence electrons. The normalized spacial score (nSPS) is 18.9. The van der Waals surface area contributed by atoms with Crippen molar-refractivity contribution in [2.24, 2.45) is 0 Å². The van der Waals surface area contributed by atoms with Crippen LogP contribution in [0, 0.1) is 44.1 Å². The second-order valence-corrected chi connectivity index (χ2v) is 1.93. The summed E-state index contributed by atoms with van der Waals surface area (Å²) in [6, 6.07) is 0. The van der Waals surface area contributed by atoms with Crippen LogP contribution in [0.4, 0.5) is 0 Å². The Bertz CT molecular complexity index is 88.5. The van der Waals surface area contributed by atoms with Crippen LogP contribution in [0.25, 0.3) is 5.32 Å². The van der Waals surface area contributed by atoms with E-state index in [1.165, 1.54) is 12.0 Å². The van der Waals surface area contributed by atoms with Gasteiger partial charge in [-0.2, -0.15) is 0 Å². The van der Waals surface area contributed by atoms with Crippen LogP contribution in [0.1, 0.15) is 13.3 Å². The first-order chi connectivity index (χ1) is 3.39. The van der Waals surface area contributed by atoms with Gasteiger partial charge in [0.25, 0.3) is 0 Å². The predicted molar refractivity (Wildman–Crippen MR) is 31.5 cm³/mol. The van der Waals surface area contributed by atoms with E-state index in [-0.39, 0.29) is 44.1 Å². The van der Waals surface area contributed by atoms with Gasteiger partial charge in [0.2, 0.25) is 0 Å². The Balaban J connectivity index is 0.000000490. The average Bonchev–Trinajstić information content (AvgIpc) is 1.69. The summed E-state index contributed by atoms with van der Waals surface area (Å²) in [5.74, 6) is 0. The molecule has 0 aromatic carbocycles. The van der Waals surface area contributed by atoms with Crippen LogP contribution in [0.5, 0.6) is 0 Å². The van der Waals surface area contributed by atoms with Gasteiger partial charge in [-0.05, 0) is 6.92 Å². The Kier molecular flexibility index (Phi) is 5.68. The van der Waals surface area contributed by atoms with Gasteiger partial charge in [0, 0.05) is 44.1 Å². The summed E-state index contributed by atoms with van der Waals surface area (Å²) in [6.07, 6.45) is 3.36. The molecule has 0 aliphatic carbocycles. The van der Waals surface area contributed by atoms with Crippen LogP contribution in [0.3, 0.4) is 0 Å². The smallest absolute Gasteiger partial charge is 0 e. The zero-order valence-corrected chi connectivity index (χ0v) is 9.97. The van der Waals surface area contributed by atoms with Crippen molar-refractivity contribution in [1.29, 1.82) is 0 Å². The molecule has 1 radical (unpaired) electrons. The van der Waals surface area contributed by atoms with Crippen molar-refractivity contribution in [3.8, 4) is 0 Å². The Morgan fingerprint density at radius 3 is 2.62 bits per heavy atom. The van der Waals surface area contributed by atoms with Crippen molar-refractivity contribution in [1.82, 2.24) is 0 Å². The molecule has 0 N–H and O–H groups in total. The number of hydrogen-bond donors (Lipinski definition) is 0. The van der Waals surface area contributed by atoms with E-state index in [0.29, 0.717) is 0 Å². The maximum atomic E-state index is 4.15. The molecule has 0 spiro atoms. The first-order valence-electron chi connectivity index (χ1n) is 2.68. The average molecular weight is 323 g/mol. The van der Waals surface area contributed by atoms with E-state index in [2.05, 4.69) is 18.3 Å². The fraction of sp³-hybridized carbons (Fsp3) is 0.667. The first-order valence-corrected chi connectivity index (χ1v) is 2.68. The molecule has 1 nitrogen and oxygen atoms in total. The van der Waals surface area contributed by atoms with E-state index in [1.807, 2.05) is 0 Å². The van der Waals surface area contributed by atoms with Gasteiger partial charge < -0.3 is 5.32 Å². The van der Waals surface area contributed by atoms with E-state index in [1.54, 1.807) is 0 Å². The van der Waals surface area contributed by atoms with Crippen LogP contribution in [0.2, 0.25) is 0 Å². The van der Waals surface area contributed by atoms with E-state index in [4.69, 9.17) is 0 Å². The molecule has 8 heavy (non-hydrogen) atoms. The molecular formula is C6H10AcN-. The van der Waals surface area contributed by atoms with Crippen LogP contribution in [0.15, 0.2) is 11.6 Å². The summed E-state index contributed by atoms with van der Waals surface area (Å²) in [5.41, 5.74) is 1.50. The van der Waals surface area contributed by atoms with Crippen molar-refractivity contribution in [2.45, 2.75) is 13.3 Å². The number of rotatable bonds is 0. The van der Waals surface area contributed by atoms with E-state index in [9.17, 15) is 0 Å². The van der Waals surface area contributed by atoms with Crippen LogP contribution >= 0.6 is 0 Å². The van der Waals surface area contributed by atoms with Crippen LogP contribution < -0.4 is 0 Å². The minimum Gasteiger partial charge on any atom is -0.659 e. The molecule has 2 heteroatoms. The molecular weight excluding hydrogens is 313 g/mol. The molecule has 1 aliphatic rings. The molecule has 0 aromatic heterocycles. The molecule has 1 heterocycles. The molecule has 0 amide bonds. The standard InChI is InChI=1S/C6H10N.Ac/c1-6-2-4-7-5-3-6;/h2H,3-5H2,1H3;/q-1;. The Labute approximate surface area is 86.5 Å². The number of hydrogen-bond acceptors (Lipinski definition) is 0. The first kappa shape index (κ1) is 9.14. The van der Waals surface area contributed by atoms with E-state index in [0.717, 1.165) is 13.1 Å². The Hall–Kier alpha value is 1.14. The van der Waals surface area contributed by atoms with E-state index >= 15 is 0 Å². The fourth-order valence-electron chi connectivity index (χ4n) is 0.669. The van der Waals surface area contributed by atoms with Crippen molar-refractivity contribution >= 4 is 0 Å². The van der Waals surface area contributed by atoms with Gasteiger partial charge in [0.05, 0.1) is 0 Å². The zero-order valence-electron chi connectivity index (χ0n) is 5.22. The molecule has 0 bridgehead atoms. The molecule has 0 atom stereocenters. The summed E-state index contributed by atoms with van der Waals surface area (Å²) in [5, 5.41) is 4.15. The van der Waals surface area contributed by atoms with Crippen molar-refractivity contribution in [2.75, 3.05) is 13.1 Å². The van der Waals surface area contributed by atoms with Crippen molar-refractivity contribution in [3.63, 3.8) is 0 Å². The summed E-state index contributed by atoms with van der Waals surface area (Å²) in [4.78, 5) is 0. The number of nitrogens with zero attached hydrogens (tertiary/aromatic N) is 1. The third kappa shape index (κ3) is 3.22. The topological polar surface area (TPSA) is 14.1 Å². The molecule has 0 fully saturated rings. The fourth-order valence-corrected chi connectivity index (χ4v) is 0.669. The third-order valence-electron chi connectivity index (χ3n) is 1.23. The van der Waals surface area contributed by atoms with Gasteiger partial charge in [-0.1, -0.05) is 12.0 Å². The maximum Gasteiger partial charge on any atom is 0 e. The van der Waals surface area contributed by atoms with Gasteiger partial charge in [-0.25, -0.2) is 0 Å². The molecule has 1 rings (SSSR count). The van der Waals surface area contributed by atoms with Crippen LogP contribution in [-0.4, -0.2) is 13.1 Å². The zero-order chi connectivity index (χ0) is 5.11. The monoisotopic (exact) mass is 323 g/mol. The largest absolute Gasteiger partial charge is 0.659 e. The Morgan fingerprint density at radius 1 is 1.62 bits per heavy atom. The quantitative estimate of drug-likeness (QED) is 0.603. The van der Waals surface area contributed by atoms with Crippen LogP contribution in [-0.2, 0) is 0 Å². The molecule has 0 unspecified atom stereocenters. The predicted octanol–water partition coefficient (Wildman–Crippen LogP) is 1.71. The van der Waals surface area contributed by atoms with Gasteiger partial charge in [-0.3, -0.25) is 0 Å². The minimum atomic E-state index is 0. The van der Waals surface area contributed by atoms with Gasteiger partial charge in [0.1, 0.15) is 0 Å². The summed E-state index contributed by atoms with van der Waals surface area (Å²) < 4.78 is 0. The summed E-state index contributed by atoms with van der Waals surface area (Å²) >= 11 is 0. The van der Waals surface area contributed by atoms with Gasteiger partial charge in [0.15, 0.2) is 0 Å². The summed E-state index contributed by atoms with van der Waals surface area (Å²) in [6.45, 7) is 4.16. The second-order valence-electron chi connectivity index (χ2n) is 1.93. The van der Waals surface area contributed by atoms with E-state index < -0.39 is 0 Å². The second kappa shape index (κ2) is 4.97. The Morgan fingerprint density at radius 2 is 2.38 bits per heavy atom. The van der Waals surface area contributed by atoms with Crippen molar-refractivity contribution < 1.29 is 44.1 Å². The maximum absolute atomic E-state index is 4.15. The molecule has 0 saturated heterocycles. The third-order valence-corrected chi connectivity index (χ3v) is 1.23. The molecule has 1 aliphatic heterocycles. The SMILES string of the molecule is CC1=CC[N-]CC1.[Ac].